The van der Waals surface area contributed by atoms with Gasteiger partial charge in [0.25, 0.3) is 0 Å². The molecule has 6 heteroatoms. The zero-order valence-corrected chi connectivity index (χ0v) is 12.9. The van der Waals surface area contributed by atoms with Crippen LogP contribution in [-0.4, -0.2) is 13.0 Å². The van der Waals surface area contributed by atoms with Crippen LogP contribution >= 0.6 is 15.9 Å². The molecule has 2 rings (SSSR count). The standard InChI is InChI=1S/C15H14BrFN2O2/c1-21-11-5-3-10(4-6-11)19-14(15(18)20)9-2-7-13(17)12(16)8-9/h2-8,14,19H,1H3,(H2,18,20). The second-order valence-electron chi connectivity index (χ2n) is 4.38. The highest BCUT2D eigenvalue weighted by Gasteiger charge is 2.18. The van der Waals surface area contributed by atoms with E-state index in [2.05, 4.69) is 21.2 Å². The highest BCUT2D eigenvalue weighted by atomic mass is 79.9. The third-order valence-electron chi connectivity index (χ3n) is 2.96. The van der Waals surface area contributed by atoms with E-state index in [0.29, 0.717) is 17.0 Å². The number of carbonyl (C=O) groups is 1. The maximum Gasteiger partial charge on any atom is 0.244 e. The summed E-state index contributed by atoms with van der Waals surface area (Å²) >= 11 is 3.10. The van der Waals surface area contributed by atoms with E-state index in [-0.39, 0.29) is 4.47 Å². The van der Waals surface area contributed by atoms with Crippen LogP contribution in [-0.2, 0) is 4.79 Å². The van der Waals surface area contributed by atoms with Crippen molar-refractivity contribution < 1.29 is 13.9 Å². The molecule has 0 aliphatic carbocycles. The lowest BCUT2D eigenvalue weighted by Gasteiger charge is -2.17. The number of halogens is 2. The van der Waals surface area contributed by atoms with E-state index >= 15 is 0 Å². The van der Waals surface area contributed by atoms with Crippen LogP contribution in [0.25, 0.3) is 0 Å². The molecular weight excluding hydrogens is 339 g/mol. The predicted octanol–water partition coefficient (Wildman–Crippen LogP) is 3.24. The molecule has 0 fully saturated rings. The van der Waals surface area contributed by atoms with Crippen molar-refractivity contribution in [3.05, 3.63) is 58.3 Å². The van der Waals surface area contributed by atoms with Crippen LogP contribution in [0.2, 0.25) is 0 Å². The van der Waals surface area contributed by atoms with Gasteiger partial charge >= 0.3 is 0 Å². The topological polar surface area (TPSA) is 64.3 Å². The van der Waals surface area contributed by atoms with Crippen molar-refractivity contribution in [2.24, 2.45) is 5.73 Å². The van der Waals surface area contributed by atoms with Crippen LogP contribution in [0.1, 0.15) is 11.6 Å². The maximum absolute atomic E-state index is 13.3. The number of benzene rings is 2. The number of hydrogen-bond acceptors (Lipinski definition) is 3. The molecule has 0 aliphatic heterocycles. The van der Waals surface area contributed by atoms with Gasteiger partial charge in [0, 0.05) is 5.69 Å². The summed E-state index contributed by atoms with van der Waals surface area (Å²) in [7, 11) is 1.57. The monoisotopic (exact) mass is 352 g/mol. The summed E-state index contributed by atoms with van der Waals surface area (Å²) in [6, 6.07) is 10.6. The van der Waals surface area contributed by atoms with Gasteiger partial charge in [-0.25, -0.2) is 4.39 Å². The van der Waals surface area contributed by atoms with Crippen LogP contribution in [0.5, 0.6) is 5.75 Å². The van der Waals surface area contributed by atoms with Crippen molar-refractivity contribution in [3.8, 4) is 5.75 Å². The van der Waals surface area contributed by atoms with Crippen LogP contribution < -0.4 is 15.8 Å². The molecule has 110 valence electrons. The van der Waals surface area contributed by atoms with Gasteiger partial charge in [0.15, 0.2) is 0 Å². The Hall–Kier alpha value is -2.08. The smallest absolute Gasteiger partial charge is 0.244 e. The van der Waals surface area contributed by atoms with Gasteiger partial charge < -0.3 is 15.8 Å². The average Bonchev–Trinajstić information content (AvgIpc) is 2.48. The Morgan fingerprint density at radius 3 is 2.48 bits per heavy atom. The van der Waals surface area contributed by atoms with Crippen molar-refractivity contribution in [2.75, 3.05) is 12.4 Å². The first kappa shape index (κ1) is 15.3. The molecule has 2 aromatic carbocycles. The summed E-state index contributed by atoms with van der Waals surface area (Å²) in [4.78, 5) is 11.6. The maximum atomic E-state index is 13.3. The van der Waals surface area contributed by atoms with Crippen molar-refractivity contribution in [1.29, 1.82) is 0 Å². The molecule has 0 aliphatic rings. The molecule has 0 radical (unpaired) electrons. The number of nitrogens with two attached hydrogens (primary N) is 1. The zero-order chi connectivity index (χ0) is 15.4. The molecule has 0 bridgehead atoms. The predicted molar refractivity (Wildman–Crippen MR) is 82.7 cm³/mol. The van der Waals surface area contributed by atoms with Gasteiger partial charge in [0.2, 0.25) is 5.91 Å². The van der Waals surface area contributed by atoms with Gasteiger partial charge in [-0.05, 0) is 57.9 Å². The fourth-order valence-electron chi connectivity index (χ4n) is 1.86. The highest BCUT2D eigenvalue weighted by Crippen LogP contribution is 2.25. The number of amides is 1. The highest BCUT2D eigenvalue weighted by molar-refractivity contribution is 9.10. The summed E-state index contributed by atoms with van der Waals surface area (Å²) in [5.41, 5.74) is 6.71. The van der Waals surface area contributed by atoms with Crippen molar-refractivity contribution in [1.82, 2.24) is 0 Å². The molecule has 0 spiro atoms. The Kier molecular flexibility index (Phi) is 4.80. The largest absolute Gasteiger partial charge is 0.497 e. The van der Waals surface area contributed by atoms with Crippen molar-refractivity contribution in [2.45, 2.75) is 6.04 Å². The third-order valence-corrected chi connectivity index (χ3v) is 3.57. The van der Waals surface area contributed by atoms with E-state index in [4.69, 9.17) is 10.5 Å². The molecule has 1 amide bonds. The minimum absolute atomic E-state index is 0.280. The van der Waals surface area contributed by atoms with Gasteiger partial charge in [-0.1, -0.05) is 6.07 Å². The van der Waals surface area contributed by atoms with Crippen molar-refractivity contribution in [3.63, 3.8) is 0 Å². The number of nitrogens with one attached hydrogen (secondary N) is 1. The molecule has 1 atom stereocenters. The quantitative estimate of drug-likeness (QED) is 0.868. The number of anilines is 1. The lowest BCUT2D eigenvalue weighted by atomic mass is 10.1. The number of rotatable bonds is 5. The molecule has 0 aromatic heterocycles. The van der Waals surface area contributed by atoms with E-state index < -0.39 is 17.8 Å². The lowest BCUT2D eigenvalue weighted by molar-refractivity contribution is -0.118. The molecule has 4 nitrogen and oxygen atoms in total. The van der Waals surface area contributed by atoms with Gasteiger partial charge in [-0.2, -0.15) is 0 Å². The number of primary amides is 1. The second-order valence-corrected chi connectivity index (χ2v) is 5.24. The normalized spacial score (nSPS) is 11.8. The Balaban J connectivity index is 2.26. The zero-order valence-electron chi connectivity index (χ0n) is 11.3. The van der Waals surface area contributed by atoms with Crippen molar-refractivity contribution >= 4 is 27.5 Å². The number of carbonyl (C=O) groups excluding carboxylic acids is 1. The van der Waals surface area contributed by atoms with E-state index in [1.807, 2.05) is 0 Å². The van der Waals surface area contributed by atoms with Gasteiger partial charge in [-0.15, -0.1) is 0 Å². The Morgan fingerprint density at radius 1 is 1.29 bits per heavy atom. The second kappa shape index (κ2) is 6.58. The Morgan fingerprint density at radius 2 is 1.95 bits per heavy atom. The molecule has 0 saturated carbocycles. The van der Waals surface area contributed by atoms with E-state index in [9.17, 15) is 9.18 Å². The molecular formula is C15H14BrFN2O2. The van der Waals surface area contributed by atoms with Crippen LogP contribution in [0.4, 0.5) is 10.1 Å². The number of hydrogen-bond donors (Lipinski definition) is 2. The molecule has 0 saturated heterocycles. The minimum atomic E-state index is -0.754. The molecule has 0 heterocycles. The number of methoxy groups -OCH3 is 1. The Labute approximate surface area is 130 Å². The minimum Gasteiger partial charge on any atom is -0.497 e. The summed E-state index contributed by atoms with van der Waals surface area (Å²) in [5.74, 6) is -0.239. The summed E-state index contributed by atoms with van der Waals surface area (Å²) < 4.78 is 18.6. The lowest BCUT2D eigenvalue weighted by Crippen LogP contribution is -2.27. The fraction of sp³-hybridized carbons (Fsp3) is 0.133. The van der Waals surface area contributed by atoms with Gasteiger partial charge in [0.1, 0.15) is 17.6 Å². The van der Waals surface area contributed by atoms with E-state index in [0.717, 1.165) is 0 Å². The SMILES string of the molecule is COc1ccc(NC(C(N)=O)c2ccc(F)c(Br)c2)cc1. The van der Waals surface area contributed by atoms with E-state index in [1.54, 1.807) is 31.4 Å². The molecule has 3 N–H and O–H groups in total. The first-order valence-electron chi connectivity index (χ1n) is 6.16. The first-order valence-corrected chi connectivity index (χ1v) is 6.95. The van der Waals surface area contributed by atoms with Gasteiger partial charge in [-0.3, -0.25) is 4.79 Å². The average molecular weight is 353 g/mol. The fourth-order valence-corrected chi connectivity index (χ4v) is 2.26. The van der Waals surface area contributed by atoms with Crippen LogP contribution in [0.15, 0.2) is 46.9 Å². The summed E-state index contributed by atoms with van der Waals surface area (Å²) in [6.45, 7) is 0. The number of ether oxygens (including phenoxy) is 1. The van der Waals surface area contributed by atoms with Crippen LogP contribution in [0, 0.1) is 5.82 Å². The summed E-state index contributed by atoms with van der Waals surface area (Å²) in [5, 5.41) is 3.02. The summed E-state index contributed by atoms with van der Waals surface area (Å²) in [6.07, 6.45) is 0. The molecule has 1 unspecified atom stereocenters. The first-order chi connectivity index (χ1) is 10.0. The van der Waals surface area contributed by atoms with Crippen LogP contribution in [0.3, 0.4) is 0 Å². The van der Waals surface area contributed by atoms with E-state index in [1.165, 1.54) is 18.2 Å². The molecule has 21 heavy (non-hydrogen) atoms. The van der Waals surface area contributed by atoms with Gasteiger partial charge in [0.05, 0.1) is 11.6 Å². The molecule has 2 aromatic rings. The Bertz CT molecular complexity index is 647. The third kappa shape index (κ3) is 3.72.